The summed E-state index contributed by atoms with van der Waals surface area (Å²) in [6, 6.07) is 4.12. The van der Waals surface area contributed by atoms with E-state index in [1.165, 1.54) is 4.88 Å². The third kappa shape index (κ3) is 5.56. The Labute approximate surface area is 151 Å². The van der Waals surface area contributed by atoms with Gasteiger partial charge in [-0.05, 0) is 11.4 Å². The van der Waals surface area contributed by atoms with E-state index >= 15 is 0 Å². The van der Waals surface area contributed by atoms with E-state index in [1.54, 1.807) is 18.4 Å². The second-order valence-corrected chi connectivity index (χ2v) is 6.66. The van der Waals surface area contributed by atoms with Crippen molar-refractivity contribution in [3.8, 4) is 0 Å². The van der Waals surface area contributed by atoms with Crippen LogP contribution in [0.25, 0.3) is 0 Å². The molecule has 0 atom stereocenters. The molecule has 22 heavy (non-hydrogen) atoms. The maximum Gasteiger partial charge on any atom is 0.232 e. The van der Waals surface area contributed by atoms with Crippen molar-refractivity contribution in [3.05, 3.63) is 34.1 Å². The predicted molar refractivity (Wildman–Crippen MR) is 99.8 cm³/mol. The number of nitrogens with one attached hydrogen (secondary N) is 2. The summed E-state index contributed by atoms with van der Waals surface area (Å²) in [6.07, 6.45) is 0. The number of hydrogen-bond donors (Lipinski definition) is 2. The molecule has 0 saturated heterocycles. The second-order valence-electron chi connectivity index (χ2n) is 5.62. The van der Waals surface area contributed by atoms with Gasteiger partial charge in [0.1, 0.15) is 0 Å². The highest BCUT2D eigenvalue weighted by molar-refractivity contribution is 14.0. The van der Waals surface area contributed by atoms with Crippen molar-refractivity contribution >= 4 is 41.3 Å². The molecule has 0 aliphatic carbocycles. The van der Waals surface area contributed by atoms with Gasteiger partial charge in [0.25, 0.3) is 0 Å². The second kappa shape index (κ2) is 8.47. The number of nitrogens with zero attached hydrogens (tertiary/aromatic N) is 3. The van der Waals surface area contributed by atoms with E-state index in [0.29, 0.717) is 24.2 Å². The van der Waals surface area contributed by atoms with Crippen LogP contribution in [0.4, 0.5) is 0 Å². The summed E-state index contributed by atoms with van der Waals surface area (Å²) < 4.78 is 5.25. The van der Waals surface area contributed by atoms with Gasteiger partial charge < -0.3 is 15.2 Å². The molecular weight excluding hydrogens is 413 g/mol. The molecule has 0 radical (unpaired) electrons. The molecule has 0 bridgehead atoms. The molecule has 2 aromatic heterocycles. The van der Waals surface area contributed by atoms with Crippen LogP contribution in [-0.2, 0) is 18.5 Å². The fourth-order valence-electron chi connectivity index (χ4n) is 1.60. The van der Waals surface area contributed by atoms with Crippen LogP contribution in [0.15, 0.2) is 27.0 Å². The Kier molecular flexibility index (Phi) is 7.27. The quantitative estimate of drug-likeness (QED) is 0.439. The van der Waals surface area contributed by atoms with Crippen LogP contribution in [-0.4, -0.2) is 23.1 Å². The van der Waals surface area contributed by atoms with Crippen molar-refractivity contribution in [2.45, 2.75) is 39.3 Å². The molecule has 0 aliphatic heterocycles. The molecule has 2 N–H and O–H groups in total. The largest absolute Gasteiger partial charge is 0.352 e. The highest BCUT2D eigenvalue weighted by Crippen LogP contribution is 2.19. The van der Waals surface area contributed by atoms with Crippen LogP contribution in [0.3, 0.4) is 0 Å². The minimum Gasteiger partial charge on any atom is -0.352 e. The first-order chi connectivity index (χ1) is 9.99. The van der Waals surface area contributed by atoms with Gasteiger partial charge in [-0.3, -0.25) is 4.99 Å². The summed E-state index contributed by atoms with van der Waals surface area (Å²) in [5, 5.41) is 12.4. The molecule has 0 unspecified atom stereocenters. The first kappa shape index (κ1) is 18.9. The van der Waals surface area contributed by atoms with E-state index < -0.39 is 0 Å². The Bertz CT molecular complexity index is 589. The maximum absolute atomic E-state index is 5.25. The van der Waals surface area contributed by atoms with E-state index in [-0.39, 0.29) is 29.4 Å². The molecule has 2 rings (SSSR count). The van der Waals surface area contributed by atoms with Crippen molar-refractivity contribution in [2.24, 2.45) is 4.99 Å². The number of halogens is 1. The standard InChI is InChI=1S/C14H21N5OS.HI/c1-14(2,3)12-18-11(19-20-12)9-17-13(15-4)16-8-10-6-5-7-21-10;/h5-7H,8-9H2,1-4H3,(H2,15,16,17);1H. The van der Waals surface area contributed by atoms with Crippen LogP contribution >= 0.6 is 35.3 Å². The molecular formula is C14H22IN5OS. The van der Waals surface area contributed by atoms with Crippen molar-refractivity contribution in [2.75, 3.05) is 7.05 Å². The number of hydrogen-bond acceptors (Lipinski definition) is 5. The zero-order valence-electron chi connectivity index (χ0n) is 13.2. The van der Waals surface area contributed by atoms with E-state index in [0.717, 1.165) is 6.54 Å². The van der Waals surface area contributed by atoms with Gasteiger partial charge in [-0.25, -0.2) is 0 Å². The van der Waals surface area contributed by atoms with E-state index in [9.17, 15) is 0 Å². The van der Waals surface area contributed by atoms with Gasteiger partial charge in [-0.2, -0.15) is 4.98 Å². The fraction of sp³-hybridized carbons (Fsp3) is 0.500. The molecule has 2 heterocycles. The van der Waals surface area contributed by atoms with Crippen LogP contribution in [0.5, 0.6) is 0 Å². The van der Waals surface area contributed by atoms with Gasteiger partial charge >= 0.3 is 0 Å². The summed E-state index contributed by atoms with van der Waals surface area (Å²) in [5.74, 6) is 1.98. The smallest absolute Gasteiger partial charge is 0.232 e. The molecule has 122 valence electrons. The summed E-state index contributed by atoms with van der Waals surface area (Å²) in [4.78, 5) is 9.80. The molecule has 0 amide bonds. The van der Waals surface area contributed by atoms with Crippen LogP contribution in [0, 0.1) is 0 Å². The lowest BCUT2D eigenvalue weighted by Crippen LogP contribution is -2.36. The van der Waals surface area contributed by atoms with Crippen LogP contribution in [0.1, 0.15) is 37.4 Å². The number of aromatic nitrogens is 2. The average molecular weight is 435 g/mol. The van der Waals surface area contributed by atoms with Gasteiger partial charge in [-0.15, -0.1) is 35.3 Å². The lowest BCUT2D eigenvalue weighted by atomic mass is 9.97. The Morgan fingerprint density at radius 3 is 2.59 bits per heavy atom. The third-order valence-electron chi connectivity index (χ3n) is 2.76. The Morgan fingerprint density at radius 1 is 1.32 bits per heavy atom. The van der Waals surface area contributed by atoms with Crippen molar-refractivity contribution < 1.29 is 4.52 Å². The highest BCUT2D eigenvalue weighted by Gasteiger charge is 2.21. The Balaban J connectivity index is 0.00000242. The van der Waals surface area contributed by atoms with E-state index in [2.05, 4.69) is 37.2 Å². The molecule has 0 aliphatic rings. The zero-order valence-corrected chi connectivity index (χ0v) is 16.4. The Hall–Kier alpha value is -1.16. The molecule has 6 nitrogen and oxygen atoms in total. The van der Waals surface area contributed by atoms with Gasteiger partial charge in [0, 0.05) is 17.3 Å². The SMILES string of the molecule is CN=C(NCc1noc(C(C)(C)C)n1)NCc1cccs1.I. The molecule has 0 aromatic carbocycles. The minimum absolute atomic E-state index is 0. The molecule has 0 fully saturated rings. The molecule has 8 heteroatoms. The third-order valence-corrected chi connectivity index (χ3v) is 3.63. The van der Waals surface area contributed by atoms with Crippen molar-refractivity contribution in [1.82, 2.24) is 20.8 Å². The van der Waals surface area contributed by atoms with E-state index in [1.807, 2.05) is 26.8 Å². The normalized spacial score (nSPS) is 11.9. The van der Waals surface area contributed by atoms with Gasteiger partial charge in [0.15, 0.2) is 11.8 Å². The highest BCUT2D eigenvalue weighted by atomic mass is 127. The van der Waals surface area contributed by atoms with Gasteiger partial charge in [0.05, 0.1) is 13.1 Å². The fourth-order valence-corrected chi connectivity index (χ4v) is 2.24. The minimum atomic E-state index is -0.135. The van der Waals surface area contributed by atoms with Crippen molar-refractivity contribution in [1.29, 1.82) is 0 Å². The summed E-state index contributed by atoms with van der Waals surface area (Å²) in [6.45, 7) is 7.35. The lowest BCUT2D eigenvalue weighted by molar-refractivity contribution is 0.318. The predicted octanol–water partition coefficient (Wildman–Crippen LogP) is 2.91. The molecule has 2 aromatic rings. The van der Waals surface area contributed by atoms with Crippen molar-refractivity contribution in [3.63, 3.8) is 0 Å². The van der Waals surface area contributed by atoms with Crippen LogP contribution < -0.4 is 10.6 Å². The molecule has 0 spiro atoms. The van der Waals surface area contributed by atoms with E-state index in [4.69, 9.17) is 4.52 Å². The topological polar surface area (TPSA) is 75.3 Å². The lowest BCUT2D eigenvalue weighted by Gasteiger charge is -2.10. The number of thiophene rings is 1. The average Bonchev–Trinajstić information content (AvgIpc) is 3.09. The summed E-state index contributed by atoms with van der Waals surface area (Å²) >= 11 is 1.71. The number of rotatable bonds is 4. The van der Waals surface area contributed by atoms with Crippen LogP contribution in [0.2, 0.25) is 0 Å². The number of aliphatic imine (C=N–C) groups is 1. The maximum atomic E-state index is 5.25. The summed E-state index contributed by atoms with van der Waals surface area (Å²) in [7, 11) is 1.74. The van der Waals surface area contributed by atoms with Gasteiger partial charge in [-0.1, -0.05) is 32.0 Å². The first-order valence-corrected chi connectivity index (χ1v) is 7.67. The first-order valence-electron chi connectivity index (χ1n) is 6.79. The summed E-state index contributed by atoms with van der Waals surface area (Å²) in [5.41, 5.74) is -0.135. The zero-order chi connectivity index (χ0) is 15.3. The Morgan fingerprint density at radius 2 is 2.05 bits per heavy atom. The monoisotopic (exact) mass is 435 g/mol. The number of guanidine groups is 1. The van der Waals surface area contributed by atoms with Gasteiger partial charge in [0.2, 0.25) is 5.89 Å². The molecule has 0 saturated carbocycles.